The van der Waals surface area contributed by atoms with Crippen molar-refractivity contribution in [3.63, 3.8) is 0 Å². The van der Waals surface area contributed by atoms with Crippen LogP contribution in [0.2, 0.25) is 0 Å². The largest absolute Gasteiger partial charge is 0.397 e. The van der Waals surface area contributed by atoms with Crippen molar-refractivity contribution in [3.05, 3.63) is 42.1 Å². The number of carbonyl (C=O) groups excluding carboxylic acids is 1. The van der Waals surface area contributed by atoms with Crippen molar-refractivity contribution in [2.45, 2.75) is 20.0 Å². The van der Waals surface area contributed by atoms with Gasteiger partial charge in [-0.25, -0.2) is 0 Å². The molecule has 0 aliphatic rings. The molecule has 2 aromatic heterocycles. The third-order valence-electron chi connectivity index (χ3n) is 3.38. The summed E-state index contributed by atoms with van der Waals surface area (Å²) in [5.74, 6) is 0.526. The summed E-state index contributed by atoms with van der Waals surface area (Å²) in [6, 6.07) is 7.35. The molecule has 0 saturated carbocycles. The summed E-state index contributed by atoms with van der Waals surface area (Å²) in [6.45, 7) is 3.09. The minimum absolute atomic E-state index is 0.198. The number of aromatic amines is 1. The van der Waals surface area contributed by atoms with Gasteiger partial charge >= 0.3 is 0 Å². The van der Waals surface area contributed by atoms with Crippen LogP contribution in [0.25, 0.3) is 10.9 Å². The highest BCUT2D eigenvalue weighted by Crippen LogP contribution is 2.20. The number of carbonyl (C=O) groups is 1. The van der Waals surface area contributed by atoms with Gasteiger partial charge in [0.15, 0.2) is 5.82 Å². The lowest BCUT2D eigenvalue weighted by atomic mass is 10.2. The molecular weight excluding hydrogens is 268 g/mol. The number of aryl methyl sites for hydroxylation is 1. The Kier molecular flexibility index (Phi) is 3.31. The maximum absolute atomic E-state index is 12.2. The second-order valence-corrected chi connectivity index (χ2v) is 4.71. The van der Waals surface area contributed by atoms with Gasteiger partial charge < -0.3 is 20.6 Å². The van der Waals surface area contributed by atoms with Gasteiger partial charge in [0.1, 0.15) is 12.0 Å². The van der Waals surface area contributed by atoms with Gasteiger partial charge in [0.2, 0.25) is 0 Å². The lowest BCUT2D eigenvalue weighted by Gasteiger charge is -2.04. The van der Waals surface area contributed by atoms with Gasteiger partial charge in [-0.2, -0.15) is 0 Å². The Hall–Kier alpha value is -2.83. The molecule has 3 rings (SSSR count). The fraction of sp³-hybridized carbons (Fsp3) is 0.214. The smallest absolute Gasteiger partial charge is 0.268 e. The molecule has 1 aromatic carbocycles. The van der Waals surface area contributed by atoms with Gasteiger partial charge in [-0.05, 0) is 19.1 Å². The van der Waals surface area contributed by atoms with E-state index in [1.54, 1.807) is 18.5 Å². The zero-order valence-electron chi connectivity index (χ0n) is 11.6. The van der Waals surface area contributed by atoms with Crippen molar-refractivity contribution in [2.24, 2.45) is 0 Å². The highest BCUT2D eigenvalue weighted by atomic mass is 16.1. The molecule has 7 heteroatoms. The Morgan fingerprint density at radius 1 is 1.48 bits per heavy atom. The Bertz CT molecular complexity index is 788. The number of nitrogens with two attached hydrogens (primary N) is 1. The molecule has 0 aliphatic heterocycles. The Balaban J connectivity index is 1.76. The van der Waals surface area contributed by atoms with Crippen LogP contribution < -0.4 is 11.1 Å². The van der Waals surface area contributed by atoms with Crippen molar-refractivity contribution in [3.8, 4) is 0 Å². The summed E-state index contributed by atoms with van der Waals surface area (Å²) >= 11 is 0. The van der Waals surface area contributed by atoms with E-state index in [2.05, 4.69) is 20.5 Å². The van der Waals surface area contributed by atoms with Crippen LogP contribution in [0, 0.1) is 0 Å². The van der Waals surface area contributed by atoms with E-state index in [4.69, 9.17) is 5.73 Å². The molecule has 0 radical (unpaired) electrons. The Labute approximate surface area is 121 Å². The first-order valence-corrected chi connectivity index (χ1v) is 6.71. The van der Waals surface area contributed by atoms with Crippen molar-refractivity contribution in [1.29, 1.82) is 0 Å². The lowest BCUT2D eigenvalue weighted by molar-refractivity contribution is 0.0945. The first kappa shape index (κ1) is 13.2. The number of hydrogen-bond donors (Lipinski definition) is 3. The van der Waals surface area contributed by atoms with E-state index < -0.39 is 0 Å². The molecule has 0 fully saturated rings. The van der Waals surface area contributed by atoms with Crippen LogP contribution in [0.5, 0.6) is 0 Å². The fourth-order valence-electron chi connectivity index (χ4n) is 2.24. The number of hydrogen-bond acceptors (Lipinski definition) is 4. The number of amides is 1. The standard InChI is InChI=1S/C14H16N6O/c1-2-20-8-17-19-12(20)7-16-14(21)11-6-9-4-3-5-10(15)13(9)18-11/h3-6,8,18H,2,7,15H2,1H3,(H,16,21). The van der Waals surface area contributed by atoms with Crippen LogP contribution in [0.1, 0.15) is 23.2 Å². The van der Waals surface area contributed by atoms with Gasteiger partial charge in [0, 0.05) is 11.9 Å². The van der Waals surface area contributed by atoms with Crippen LogP contribution >= 0.6 is 0 Å². The predicted octanol–water partition coefficient (Wildman–Crippen LogP) is 1.29. The minimum Gasteiger partial charge on any atom is -0.397 e. The van der Waals surface area contributed by atoms with E-state index in [0.29, 0.717) is 17.9 Å². The van der Waals surface area contributed by atoms with Crippen LogP contribution in [0.15, 0.2) is 30.6 Å². The molecule has 2 heterocycles. The first-order valence-electron chi connectivity index (χ1n) is 6.71. The maximum atomic E-state index is 12.2. The van der Waals surface area contributed by atoms with Gasteiger partial charge in [-0.15, -0.1) is 10.2 Å². The summed E-state index contributed by atoms with van der Waals surface area (Å²) in [5, 5.41) is 11.5. The zero-order valence-corrected chi connectivity index (χ0v) is 11.6. The summed E-state index contributed by atoms with van der Waals surface area (Å²) in [4.78, 5) is 15.2. The number of aromatic nitrogens is 4. The third-order valence-corrected chi connectivity index (χ3v) is 3.38. The molecule has 21 heavy (non-hydrogen) atoms. The molecule has 0 saturated heterocycles. The van der Waals surface area contributed by atoms with Crippen molar-refractivity contribution < 1.29 is 4.79 Å². The van der Waals surface area contributed by atoms with E-state index in [-0.39, 0.29) is 5.91 Å². The molecule has 0 aliphatic carbocycles. The number of H-pyrrole nitrogens is 1. The molecule has 108 valence electrons. The average Bonchev–Trinajstić information content (AvgIpc) is 3.11. The molecule has 4 N–H and O–H groups in total. The van der Waals surface area contributed by atoms with E-state index in [0.717, 1.165) is 23.3 Å². The highest BCUT2D eigenvalue weighted by Gasteiger charge is 2.11. The predicted molar refractivity (Wildman–Crippen MR) is 79.6 cm³/mol. The number of nitrogen functional groups attached to an aromatic ring is 1. The van der Waals surface area contributed by atoms with Gasteiger partial charge in [0.25, 0.3) is 5.91 Å². The normalized spacial score (nSPS) is 10.9. The summed E-state index contributed by atoms with van der Waals surface area (Å²) in [6.07, 6.45) is 1.64. The van der Waals surface area contributed by atoms with Crippen LogP contribution in [-0.2, 0) is 13.1 Å². The molecule has 7 nitrogen and oxygen atoms in total. The molecular formula is C14H16N6O. The topological polar surface area (TPSA) is 102 Å². The summed E-state index contributed by atoms with van der Waals surface area (Å²) < 4.78 is 1.88. The summed E-state index contributed by atoms with van der Waals surface area (Å²) in [7, 11) is 0. The first-order chi connectivity index (χ1) is 10.2. The molecule has 0 atom stereocenters. The van der Waals surface area contributed by atoms with E-state index in [9.17, 15) is 4.79 Å². The second-order valence-electron chi connectivity index (χ2n) is 4.71. The number of rotatable bonds is 4. The Morgan fingerprint density at radius 2 is 2.33 bits per heavy atom. The number of fused-ring (bicyclic) bond motifs is 1. The minimum atomic E-state index is -0.198. The van der Waals surface area contributed by atoms with Gasteiger partial charge in [0.05, 0.1) is 17.7 Å². The maximum Gasteiger partial charge on any atom is 0.268 e. The van der Waals surface area contributed by atoms with Gasteiger partial charge in [-0.3, -0.25) is 4.79 Å². The zero-order chi connectivity index (χ0) is 14.8. The van der Waals surface area contributed by atoms with Crippen molar-refractivity contribution in [2.75, 3.05) is 5.73 Å². The molecule has 1 amide bonds. The molecule has 0 bridgehead atoms. The third kappa shape index (κ3) is 2.45. The Morgan fingerprint density at radius 3 is 3.10 bits per heavy atom. The fourth-order valence-corrected chi connectivity index (χ4v) is 2.24. The number of nitrogens with one attached hydrogen (secondary N) is 2. The van der Waals surface area contributed by atoms with Gasteiger partial charge in [-0.1, -0.05) is 12.1 Å². The number of para-hydroxylation sites is 1. The number of nitrogens with zero attached hydrogens (tertiary/aromatic N) is 3. The average molecular weight is 284 g/mol. The monoisotopic (exact) mass is 284 g/mol. The molecule has 3 aromatic rings. The lowest BCUT2D eigenvalue weighted by Crippen LogP contribution is -2.24. The molecule has 0 spiro atoms. The van der Waals surface area contributed by atoms with Crippen LogP contribution in [0.4, 0.5) is 5.69 Å². The van der Waals surface area contributed by atoms with Crippen LogP contribution in [0.3, 0.4) is 0 Å². The second kappa shape index (κ2) is 5.28. The van der Waals surface area contributed by atoms with E-state index >= 15 is 0 Å². The number of benzene rings is 1. The van der Waals surface area contributed by atoms with Crippen molar-refractivity contribution >= 4 is 22.5 Å². The summed E-state index contributed by atoms with van der Waals surface area (Å²) in [5.41, 5.74) is 7.75. The SMILES string of the molecule is CCn1cnnc1CNC(=O)c1cc2cccc(N)c2[nH]1. The van der Waals surface area contributed by atoms with E-state index in [1.807, 2.05) is 23.6 Å². The van der Waals surface area contributed by atoms with Crippen LogP contribution in [-0.4, -0.2) is 25.7 Å². The van der Waals surface area contributed by atoms with Crippen molar-refractivity contribution in [1.82, 2.24) is 25.1 Å². The number of anilines is 1. The highest BCUT2D eigenvalue weighted by molar-refractivity contribution is 6.00. The van der Waals surface area contributed by atoms with E-state index in [1.165, 1.54) is 0 Å². The molecule has 0 unspecified atom stereocenters. The quantitative estimate of drug-likeness (QED) is 0.628.